The van der Waals surface area contributed by atoms with E-state index in [-0.39, 0.29) is 16.9 Å². The SMILES string of the molecule is CN(C)c1ccc([C@H](C2=C(O)c3ccccc3C(=O)C2=O)c2ccccc2)cc1. The van der Waals surface area contributed by atoms with E-state index in [1.165, 1.54) is 0 Å². The molecule has 0 radical (unpaired) electrons. The van der Waals surface area contributed by atoms with Crippen molar-refractivity contribution in [2.24, 2.45) is 0 Å². The Labute approximate surface area is 169 Å². The van der Waals surface area contributed by atoms with Gasteiger partial charge in [0.15, 0.2) is 0 Å². The molecule has 0 bridgehead atoms. The monoisotopic (exact) mass is 383 g/mol. The summed E-state index contributed by atoms with van der Waals surface area (Å²) in [6, 6.07) is 24.0. The summed E-state index contributed by atoms with van der Waals surface area (Å²) in [5, 5.41) is 11.0. The molecule has 0 aromatic heterocycles. The van der Waals surface area contributed by atoms with Gasteiger partial charge in [0.05, 0.1) is 5.57 Å². The largest absolute Gasteiger partial charge is 0.507 e. The number of fused-ring (bicyclic) bond motifs is 1. The van der Waals surface area contributed by atoms with Gasteiger partial charge >= 0.3 is 0 Å². The number of hydrogen-bond donors (Lipinski definition) is 1. The predicted octanol–water partition coefficient (Wildman–Crippen LogP) is 4.62. The van der Waals surface area contributed by atoms with Gasteiger partial charge in [-0.2, -0.15) is 0 Å². The molecular formula is C25H21NO3. The number of anilines is 1. The molecule has 0 saturated carbocycles. The first-order valence-electron chi connectivity index (χ1n) is 9.43. The summed E-state index contributed by atoms with van der Waals surface area (Å²) in [7, 11) is 3.91. The number of hydrogen-bond acceptors (Lipinski definition) is 4. The fourth-order valence-electron chi connectivity index (χ4n) is 3.79. The first-order chi connectivity index (χ1) is 14.0. The Bertz CT molecular complexity index is 1110. The van der Waals surface area contributed by atoms with E-state index in [4.69, 9.17) is 0 Å². The van der Waals surface area contributed by atoms with Crippen molar-refractivity contribution in [2.75, 3.05) is 19.0 Å². The maximum absolute atomic E-state index is 13.1. The molecule has 1 aliphatic rings. The van der Waals surface area contributed by atoms with Crippen LogP contribution in [0, 0.1) is 0 Å². The molecule has 0 fully saturated rings. The minimum atomic E-state index is -0.660. The van der Waals surface area contributed by atoms with Gasteiger partial charge in [-0.3, -0.25) is 9.59 Å². The molecule has 1 aliphatic carbocycles. The molecular weight excluding hydrogens is 362 g/mol. The smallest absolute Gasteiger partial charge is 0.234 e. The average molecular weight is 383 g/mol. The fraction of sp³-hybridized carbons (Fsp3) is 0.120. The first kappa shape index (κ1) is 18.7. The number of allylic oxidation sites excluding steroid dienone is 1. The molecule has 1 atom stereocenters. The molecule has 0 heterocycles. The molecule has 0 amide bonds. The second kappa shape index (κ2) is 7.40. The third-order valence-corrected chi connectivity index (χ3v) is 5.30. The number of aliphatic hydroxyl groups excluding tert-OH is 1. The van der Waals surface area contributed by atoms with Crippen LogP contribution in [0.3, 0.4) is 0 Å². The molecule has 0 unspecified atom stereocenters. The van der Waals surface area contributed by atoms with E-state index in [9.17, 15) is 14.7 Å². The van der Waals surface area contributed by atoms with E-state index in [1.54, 1.807) is 24.3 Å². The zero-order valence-corrected chi connectivity index (χ0v) is 16.3. The van der Waals surface area contributed by atoms with Gasteiger partial charge in [0, 0.05) is 36.8 Å². The highest BCUT2D eigenvalue weighted by atomic mass is 16.3. The average Bonchev–Trinajstić information content (AvgIpc) is 2.76. The molecule has 29 heavy (non-hydrogen) atoms. The molecule has 0 aliphatic heterocycles. The zero-order chi connectivity index (χ0) is 20.5. The number of benzene rings is 3. The number of ketones is 2. The van der Waals surface area contributed by atoms with E-state index >= 15 is 0 Å². The molecule has 0 saturated heterocycles. The van der Waals surface area contributed by atoms with Gasteiger partial charge in [0.25, 0.3) is 0 Å². The lowest BCUT2D eigenvalue weighted by atomic mass is 9.76. The quantitative estimate of drug-likeness (QED) is 0.668. The minimum Gasteiger partial charge on any atom is -0.507 e. The Balaban J connectivity index is 1.94. The van der Waals surface area contributed by atoms with Crippen molar-refractivity contribution in [3.05, 3.63) is 107 Å². The predicted molar refractivity (Wildman–Crippen MR) is 114 cm³/mol. The second-order valence-electron chi connectivity index (χ2n) is 7.30. The number of Topliss-reactive ketones (excluding diaryl/α,β-unsaturated/α-hetero) is 2. The Hall–Kier alpha value is -3.66. The Morgan fingerprint density at radius 3 is 1.86 bits per heavy atom. The number of carbonyl (C=O) groups excluding carboxylic acids is 2. The van der Waals surface area contributed by atoms with Crippen molar-refractivity contribution in [1.29, 1.82) is 0 Å². The summed E-state index contributed by atoms with van der Waals surface area (Å²) in [4.78, 5) is 27.9. The van der Waals surface area contributed by atoms with E-state index in [1.807, 2.05) is 73.6 Å². The summed E-state index contributed by atoms with van der Waals surface area (Å²) in [5.41, 5.74) is 3.47. The Morgan fingerprint density at radius 2 is 1.24 bits per heavy atom. The summed E-state index contributed by atoms with van der Waals surface area (Å²) < 4.78 is 0. The van der Waals surface area contributed by atoms with E-state index in [2.05, 4.69) is 0 Å². The zero-order valence-electron chi connectivity index (χ0n) is 16.3. The van der Waals surface area contributed by atoms with Crippen LogP contribution in [-0.2, 0) is 4.79 Å². The number of nitrogens with zero attached hydrogens (tertiary/aromatic N) is 1. The van der Waals surface area contributed by atoms with Crippen LogP contribution in [0.4, 0.5) is 5.69 Å². The van der Waals surface area contributed by atoms with E-state index < -0.39 is 17.5 Å². The molecule has 4 rings (SSSR count). The summed E-state index contributed by atoms with van der Waals surface area (Å²) in [6.07, 6.45) is 0. The number of aliphatic hydroxyl groups is 1. The molecule has 4 heteroatoms. The lowest BCUT2D eigenvalue weighted by Crippen LogP contribution is -2.28. The van der Waals surface area contributed by atoms with Gasteiger partial charge in [-0.1, -0.05) is 66.7 Å². The van der Waals surface area contributed by atoms with Crippen molar-refractivity contribution < 1.29 is 14.7 Å². The normalized spacial score (nSPS) is 14.6. The third-order valence-electron chi connectivity index (χ3n) is 5.30. The highest BCUT2D eigenvalue weighted by Gasteiger charge is 2.38. The van der Waals surface area contributed by atoms with Gasteiger partial charge < -0.3 is 10.0 Å². The molecule has 0 spiro atoms. The van der Waals surface area contributed by atoms with E-state index in [0.29, 0.717) is 5.56 Å². The molecule has 3 aromatic carbocycles. The van der Waals surface area contributed by atoms with Crippen LogP contribution in [0.1, 0.15) is 33.0 Å². The fourth-order valence-corrected chi connectivity index (χ4v) is 3.79. The lowest BCUT2D eigenvalue weighted by Gasteiger charge is -2.26. The van der Waals surface area contributed by atoms with Crippen LogP contribution in [0.25, 0.3) is 5.76 Å². The van der Waals surface area contributed by atoms with Gasteiger partial charge in [-0.25, -0.2) is 0 Å². The maximum atomic E-state index is 13.1. The van der Waals surface area contributed by atoms with Gasteiger partial charge in [-0.15, -0.1) is 0 Å². The first-order valence-corrected chi connectivity index (χ1v) is 9.43. The van der Waals surface area contributed by atoms with Crippen LogP contribution < -0.4 is 4.90 Å². The summed E-state index contributed by atoms with van der Waals surface area (Å²) in [5.74, 6) is -1.92. The lowest BCUT2D eigenvalue weighted by molar-refractivity contribution is -0.112. The minimum absolute atomic E-state index is 0.123. The second-order valence-corrected chi connectivity index (χ2v) is 7.30. The molecule has 1 N–H and O–H groups in total. The van der Waals surface area contributed by atoms with Crippen molar-refractivity contribution in [3.8, 4) is 0 Å². The van der Waals surface area contributed by atoms with Crippen molar-refractivity contribution in [3.63, 3.8) is 0 Å². The highest BCUT2D eigenvalue weighted by Crippen LogP contribution is 2.40. The number of carbonyl (C=O) groups is 2. The summed E-state index contributed by atoms with van der Waals surface area (Å²) in [6.45, 7) is 0. The standard InChI is InChI=1S/C25H21NO3/c1-26(2)18-14-12-17(13-15-18)21(16-8-4-3-5-9-16)22-23(27)19-10-6-7-11-20(19)24(28)25(22)29/h3-15,21,27H,1-2H3/t21-/m1/s1. The molecule has 3 aromatic rings. The van der Waals surface area contributed by atoms with Crippen molar-refractivity contribution in [2.45, 2.75) is 5.92 Å². The molecule has 4 nitrogen and oxygen atoms in total. The summed E-state index contributed by atoms with van der Waals surface area (Å²) >= 11 is 0. The van der Waals surface area contributed by atoms with Gasteiger partial charge in [0.1, 0.15) is 5.76 Å². The van der Waals surface area contributed by atoms with Crippen LogP contribution in [0.2, 0.25) is 0 Å². The van der Waals surface area contributed by atoms with Crippen LogP contribution >= 0.6 is 0 Å². The Kier molecular flexibility index (Phi) is 4.77. The van der Waals surface area contributed by atoms with Crippen LogP contribution in [0.5, 0.6) is 0 Å². The van der Waals surface area contributed by atoms with Crippen molar-refractivity contribution in [1.82, 2.24) is 0 Å². The maximum Gasteiger partial charge on any atom is 0.234 e. The Morgan fingerprint density at radius 1 is 0.690 bits per heavy atom. The van der Waals surface area contributed by atoms with Crippen LogP contribution in [-0.4, -0.2) is 30.8 Å². The highest BCUT2D eigenvalue weighted by molar-refractivity contribution is 6.52. The molecule has 144 valence electrons. The number of rotatable bonds is 4. The topological polar surface area (TPSA) is 57.6 Å². The third kappa shape index (κ3) is 3.23. The van der Waals surface area contributed by atoms with Gasteiger partial charge in [0.2, 0.25) is 11.6 Å². The van der Waals surface area contributed by atoms with E-state index in [0.717, 1.165) is 16.8 Å². The van der Waals surface area contributed by atoms with Crippen molar-refractivity contribution >= 4 is 23.0 Å². The van der Waals surface area contributed by atoms with Crippen LogP contribution in [0.15, 0.2) is 84.4 Å². The van der Waals surface area contributed by atoms with Gasteiger partial charge in [-0.05, 0) is 23.3 Å².